The van der Waals surface area contributed by atoms with E-state index in [2.05, 4.69) is 10.4 Å². The number of fused-ring (bicyclic) bond motifs is 1. The maximum Gasteiger partial charge on any atom is 0.266 e. The molecule has 0 saturated carbocycles. The number of rotatable bonds is 3. The molecular formula is C18H18ClN3O2. The topological polar surface area (TPSA) is 64.0 Å². The van der Waals surface area contributed by atoms with Crippen molar-refractivity contribution in [2.24, 2.45) is 7.05 Å². The Balaban J connectivity index is 1.64. The number of hydrogen-bond acceptors (Lipinski definition) is 3. The monoisotopic (exact) mass is 343 g/mol. The van der Waals surface area contributed by atoms with Gasteiger partial charge in [-0.1, -0.05) is 29.8 Å². The lowest BCUT2D eigenvalue weighted by Crippen LogP contribution is -2.39. The Kier molecular flexibility index (Phi) is 4.81. The van der Waals surface area contributed by atoms with E-state index in [1.165, 1.54) is 10.8 Å². The van der Waals surface area contributed by atoms with Crippen LogP contribution in [0, 0.1) is 0 Å². The standard InChI is InChI=1S/C18H18ClN3O2/c1-22-18(24)11-13-10-14(7-8-16(13)21-22)20-17(23)9-6-12-4-2-3-5-15(12)19/h2-6,9,11,14H,7-8,10H2,1H3,(H,20,23)/b9-6+. The van der Waals surface area contributed by atoms with E-state index in [9.17, 15) is 9.59 Å². The molecule has 3 rings (SSSR count). The van der Waals surface area contributed by atoms with Gasteiger partial charge >= 0.3 is 0 Å². The lowest BCUT2D eigenvalue weighted by molar-refractivity contribution is -0.117. The second-order valence-corrected chi connectivity index (χ2v) is 6.29. The second-order valence-electron chi connectivity index (χ2n) is 5.88. The lowest BCUT2D eigenvalue weighted by atomic mass is 9.92. The van der Waals surface area contributed by atoms with E-state index >= 15 is 0 Å². The molecule has 1 aliphatic rings. The number of nitrogens with zero attached hydrogens (tertiary/aromatic N) is 2. The maximum atomic E-state index is 12.1. The minimum absolute atomic E-state index is 0.00908. The Morgan fingerprint density at radius 1 is 1.42 bits per heavy atom. The first kappa shape index (κ1) is 16.5. The molecule has 0 aliphatic heterocycles. The largest absolute Gasteiger partial charge is 0.349 e. The number of benzene rings is 1. The van der Waals surface area contributed by atoms with Crippen molar-refractivity contribution in [3.05, 3.63) is 68.6 Å². The van der Waals surface area contributed by atoms with Gasteiger partial charge in [-0.2, -0.15) is 5.10 Å². The zero-order valence-corrected chi connectivity index (χ0v) is 14.1. The summed E-state index contributed by atoms with van der Waals surface area (Å²) < 4.78 is 1.35. The molecule has 1 aliphatic carbocycles. The van der Waals surface area contributed by atoms with Crippen LogP contribution < -0.4 is 10.9 Å². The third kappa shape index (κ3) is 3.74. The van der Waals surface area contributed by atoms with Gasteiger partial charge in [0.1, 0.15) is 0 Å². The molecule has 0 saturated heterocycles. The molecule has 1 N–H and O–H groups in total. The van der Waals surface area contributed by atoms with Crippen LogP contribution in [0.1, 0.15) is 23.2 Å². The van der Waals surface area contributed by atoms with Crippen LogP contribution in [0.25, 0.3) is 6.08 Å². The van der Waals surface area contributed by atoms with Crippen LogP contribution in [-0.4, -0.2) is 21.7 Å². The molecule has 0 radical (unpaired) electrons. The first-order chi connectivity index (χ1) is 11.5. The molecule has 0 bridgehead atoms. The van der Waals surface area contributed by atoms with Gasteiger partial charge in [0.25, 0.3) is 5.56 Å². The predicted molar refractivity (Wildman–Crippen MR) is 93.9 cm³/mol. The van der Waals surface area contributed by atoms with Crippen molar-refractivity contribution in [3.8, 4) is 0 Å². The summed E-state index contributed by atoms with van der Waals surface area (Å²) in [5.41, 5.74) is 2.54. The average molecular weight is 344 g/mol. The van der Waals surface area contributed by atoms with Gasteiger partial charge in [0.15, 0.2) is 0 Å². The Morgan fingerprint density at radius 3 is 3.00 bits per heavy atom. The van der Waals surface area contributed by atoms with Crippen LogP contribution in [0.4, 0.5) is 0 Å². The van der Waals surface area contributed by atoms with E-state index in [-0.39, 0.29) is 17.5 Å². The fraction of sp³-hybridized carbons (Fsp3) is 0.278. The third-order valence-electron chi connectivity index (χ3n) is 4.12. The van der Waals surface area contributed by atoms with Crippen LogP contribution in [-0.2, 0) is 24.7 Å². The van der Waals surface area contributed by atoms with Crippen molar-refractivity contribution in [1.29, 1.82) is 0 Å². The SMILES string of the molecule is Cn1nc2c(cc1=O)CC(NC(=O)/C=C/c1ccccc1Cl)CC2. The van der Waals surface area contributed by atoms with Gasteiger partial charge in [0.2, 0.25) is 5.91 Å². The number of aromatic nitrogens is 2. The Morgan fingerprint density at radius 2 is 2.21 bits per heavy atom. The molecule has 2 aromatic rings. The molecule has 1 unspecified atom stereocenters. The maximum absolute atomic E-state index is 12.1. The molecule has 1 amide bonds. The summed E-state index contributed by atoms with van der Waals surface area (Å²) in [6, 6.07) is 8.97. The van der Waals surface area contributed by atoms with Crippen LogP contribution >= 0.6 is 11.6 Å². The highest BCUT2D eigenvalue weighted by molar-refractivity contribution is 6.32. The van der Waals surface area contributed by atoms with Crippen molar-refractivity contribution >= 4 is 23.6 Å². The number of amides is 1. The van der Waals surface area contributed by atoms with Gasteiger partial charge in [-0.3, -0.25) is 9.59 Å². The quantitative estimate of drug-likeness (QED) is 0.868. The van der Waals surface area contributed by atoms with E-state index in [0.29, 0.717) is 11.4 Å². The smallest absolute Gasteiger partial charge is 0.266 e. The summed E-state index contributed by atoms with van der Waals surface area (Å²) in [4.78, 5) is 23.8. The lowest BCUT2D eigenvalue weighted by Gasteiger charge is -2.24. The molecule has 0 spiro atoms. The molecule has 1 aromatic carbocycles. The predicted octanol–water partition coefficient (Wildman–Crippen LogP) is 2.12. The highest BCUT2D eigenvalue weighted by Gasteiger charge is 2.21. The van der Waals surface area contributed by atoms with Crippen molar-refractivity contribution in [2.45, 2.75) is 25.3 Å². The molecule has 6 heteroatoms. The summed E-state index contributed by atoms with van der Waals surface area (Å²) >= 11 is 6.06. The van der Waals surface area contributed by atoms with Crippen molar-refractivity contribution < 1.29 is 4.79 Å². The molecule has 5 nitrogen and oxygen atoms in total. The van der Waals surface area contributed by atoms with Crippen LogP contribution in [0.5, 0.6) is 0 Å². The highest BCUT2D eigenvalue weighted by atomic mass is 35.5. The van der Waals surface area contributed by atoms with E-state index in [1.807, 2.05) is 18.2 Å². The zero-order chi connectivity index (χ0) is 17.1. The second kappa shape index (κ2) is 7.01. The van der Waals surface area contributed by atoms with Crippen LogP contribution in [0.3, 0.4) is 0 Å². The van der Waals surface area contributed by atoms with Crippen LogP contribution in [0.2, 0.25) is 5.02 Å². The molecule has 0 fully saturated rings. The summed E-state index contributed by atoms with van der Waals surface area (Å²) in [6.07, 6.45) is 5.38. The van der Waals surface area contributed by atoms with Gasteiger partial charge in [0.05, 0.1) is 5.69 Å². The minimum atomic E-state index is -0.167. The van der Waals surface area contributed by atoms with Crippen molar-refractivity contribution in [1.82, 2.24) is 15.1 Å². The van der Waals surface area contributed by atoms with E-state index < -0.39 is 0 Å². The van der Waals surface area contributed by atoms with Gasteiger partial charge in [-0.05, 0) is 42.5 Å². The summed E-state index contributed by atoms with van der Waals surface area (Å²) in [7, 11) is 1.65. The molecule has 124 valence electrons. The summed E-state index contributed by atoms with van der Waals surface area (Å²) in [5, 5.41) is 7.86. The van der Waals surface area contributed by atoms with Gasteiger partial charge in [-0.15, -0.1) is 0 Å². The van der Waals surface area contributed by atoms with E-state index in [0.717, 1.165) is 29.7 Å². The number of halogens is 1. The minimum Gasteiger partial charge on any atom is -0.349 e. The Labute approximate surface area is 145 Å². The van der Waals surface area contributed by atoms with E-state index in [1.54, 1.807) is 25.3 Å². The summed E-state index contributed by atoms with van der Waals surface area (Å²) in [5.74, 6) is -0.167. The van der Waals surface area contributed by atoms with Crippen LogP contribution in [0.15, 0.2) is 41.2 Å². The Bertz CT molecular complexity index is 858. The number of aryl methyl sites for hydroxylation is 2. The molecule has 1 heterocycles. The van der Waals surface area contributed by atoms with Gasteiger partial charge < -0.3 is 5.32 Å². The molecule has 1 atom stereocenters. The van der Waals surface area contributed by atoms with Gasteiger partial charge in [0, 0.05) is 30.3 Å². The van der Waals surface area contributed by atoms with Crippen molar-refractivity contribution in [3.63, 3.8) is 0 Å². The fourth-order valence-corrected chi connectivity index (χ4v) is 3.03. The molecular weight excluding hydrogens is 326 g/mol. The third-order valence-corrected chi connectivity index (χ3v) is 4.46. The highest BCUT2D eigenvalue weighted by Crippen LogP contribution is 2.18. The normalized spacial score (nSPS) is 16.8. The first-order valence-electron chi connectivity index (χ1n) is 7.82. The number of carbonyl (C=O) groups excluding carboxylic acids is 1. The van der Waals surface area contributed by atoms with E-state index in [4.69, 9.17) is 11.6 Å². The van der Waals surface area contributed by atoms with Gasteiger partial charge in [-0.25, -0.2) is 4.68 Å². The Hall–Kier alpha value is -2.40. The summed E-state index contributed by atoms with van der Waals surface area (Å²) in [6.45, 7) is 0. The zero-order valence-electron chi connectivity index (χ0n) is 13.3. The number of nitrogens with one attached hydrogen (secondary N) is 1. The number of hydrogen-bond donors (Lipinski definition) is 1. The van der Waals surface area contributed by atoms with Crippen molar-refractivity contribution in [2.75, 3.05) is 0 Å². The first-order valence-corrected chi connectivity index (χ1v) is 8.20. The number of carbonyl (C=O) groups is 1. The molecule has 1 aromatic heterocycles. The average Bonchev–Trinajstić information content (AvgIpc) is 2.55. The molecule has 24 heavy (non-hydrogen) atoms. The fourth-order valence-electron chi connectivity index (χ4n) is 2.83.